The molecule has 0 aliphatic heterocycles. The minimum atomic E-state index is -3.66. The third-order valence-electron chi connectivity index (χ3n) is 2.26. The first-order valence-corrected chi connectivity index (χ1v) is 6.49. The van der Waals surface area contributed by atoms with Gasteiger partial charge in [0.2, 0.25) is 0 Å². The van der Waals surface area contributed by atoms with Gasteiger partial charge in [-0.2, -0.15) is 8.42 Å². The molecule has 0 unspecified atom stereocenters. The summed E-state index contributed by atoms with van der Waals surface area (Å²) in [7, 11) is -3.66. The molecule has 1 heterocycles. The van der Waals surface area contributed by atoms with Crippen LogP contribution in [0.2, 0.25) is 0 Å². The fourth-order valence-corrected chi connectivity index (χ4v) is 2.38. The number of rotatable bonds is 3. The Labute approximate surface area is 99.1 Å². The van der Waals surface area contributed by atoms with E-state index in [1.165, 1.54) is 30.6 Å². The molecule has 0 aliphatic rings. The van der Waals surface area contributed by atoms with Gasteiger partial charge in [0.25, 0.3) is 10.0 Å². The van der Waals surface area contributed by atoms with Gasteiger partial charge in [0.05, 0.1) is 4.90 Å². The molecule has 0 radical (unpaired) electrons. The highest BCUT2D eigenvalue weighted by atomic mass is 32.2. The van der Waals surface area contributed by atoms with E-state index < -0.39 is 10.0 Å². The lowest BCUT2D eigenvalue weighted by molar-refractivity contribution is 0.579. The number of benzene rings is 1. The molecule has 2 aromatic rings. The van der Waals surface area contributed by atoms with Crippen molar-refractivity contribution < 1.29 is 8.42 Å². The molecule has 0 aliphatic carbocycles. The molecular formula is C10H12N4O2S. The summed E-state index contributed by atoms with van der Waals surface area (Å²) in [6.07, 6.45) is 1.79. The number of nitrogen functional groups attached to an aromatic ring is 1. The number of hydrogen-bond donors (Lipinski definition) is 1. The molecule has 1 aromatic carbocycles. The Kier molecular flexibility index (Phi) is 2.84. The SMILES string of the molecule is CCc1ncn(S(=O)(=O)c2ccc(N)cc2)n1. The molecule has 0 bridgehead atoms. The topological polar surface area (TPSA) is 90.9 Å². The van der Waals surface area contributed by atoms with E-state index in [0.717, 1.165) is 4.09 Å². The van der Waals surface area contributed by atoms with Crippen molar-refractivity contribution in [1.82, 2.24) is 14.2 Å². The van der Waals surface area contributed by atoms with Crippen LogP contribution < -0.4 is 5.73 Å². The molecule has 0 spiro atoms. The van der Waals surface area contributed by atoms with Crippen molar-refractivity contribution in [3.63, 3.8) is 0 Å². The molecule has 90 valence electrons. The number of nitrogens with zero attached hydrogens (tertiary/aromatic N) is 3. The lowest BCUT2D eigenvalue weighted by Crippen LogP contribution is -2.13. The van der Waals surface area contributed by atoms with Gasteiger partial charge >= 0.3 is 0 Å². The van der Waals surface area contributed by atoms with E-state index in [2.05, 4.69) is 10.1 Å². The summed E-state index contributed by atoms with van der Waals surface area (Å²) < 4.78 is 25.1. The largest absolute Gasteiger partial charge is 0.399 e. The highest BCUT2D eigenvalue weighted by Crippen LogP contribution is 2.14. The van der Waals surface area contributed by atoms with Gasteiger partial charge in [-0.05, 0) is 24.3 Å². The third-order valence-corrected chi connectivity index (χ3v) is 3.80. The van der Waals surface area contributed by atoms with E-state index in [4.69, 9.17) is 5.73 Å². The Balaban J connectivity index is 2.46. The first kappa shape index (κ1) is 11.6. The average molecular weight is 252 g/mol. The molecule has 17 heavy (non-hydrogen) atoms. The Bertz CT molecular complexity index is 616. The van der Waals surface area contributed by atoms with Gasteiger partial charge in [-0.15, -0.1) is 9.19 Å². The molecule has 6 nitrogen and oxygen atoms in total. The number of hydrogen-bond acceptors (Lipinski definition) is 5. The van der Waals surface area contributed by atoms with Gasteiger partial charge in [0.15, 0.2) is 5.82 Å². The second-order valence-electron chi connectivity index (χ2n) is 3.46. The first-order chi connectivity index (χ1) is 8.04. The monoisotopic (exact) mass is 252 g/mol. The third kappa shape index (κ3) is 2.14. The van der Waals surface area contributed by atoms with Crippen molar-refractivity contribution in [2.45, 2.75) is 18.2 Å². The number of aromatic nitrogens is 3. The van der Waals surface area contributed by atoms with Gasteiger partial charge < -0.3 is 5.73 Å². The molecule has 0 fully saturated rings. The summed E-state index contributed by atoms with van der Waals surface area (Å²) in [5.41, 5.74) is 6.02. The van der Waals surface area contributed by atoms with Crippen LogP contribution in [0, 0.1) is 0 Å². The van der Waals surface area contributed by atoms with Crippen LogP contribution in [-0.2, 0) is 16.4 Å². The fourth-order valence-electron chi connectivity index (χ4n) is 1.31. The molecule has 0 saturated carbocycles. The predicted molar refractivity (Wildman–Crippen MR) is 62.8 cm³/mol. The smallest absolute Gasteiger partial charge is 0.284 e. The Hall–Kier alpha value is -1.89. The van der Waals surface area contributed by atoms with E-state index >= 15 is 0 Å². The summed E-state index contributed by atoms with van der Waals surface area (Å²) in [6, 6.07) is 5.95. The van der Waals surface area contributed by atoms with Gasteiger partial charge in [-0.3, -0.25) is 0 Å². The Morgan fingerprint density at radius 2 is 1.94 bits per heavy atom. The zero-order valence-corrected chi connectivity index (χ0v) is 10.1. The molecule has 0 amide bonds. The molecule has 2 N–H and O–H groups in total. The second kappa shape index (κ2) is 4.17. The van der Waals surface area contributed by atoms with Crippen LogP contribution in [0.15, 0.2) is 35.5 Å². The van der Waals surface area contributed by atoms with E-state index in [0.29, 0.717) is 17.9 Å². The van der Waals surface area contributed by atoms with Gasteiger partial charge in [0.1, 0.15) is 6.33 Å². The first-order valence-electron chi connectivity index (χ1n) is 5.05. The Morgan fingerprint density at radius 3 is 2.47 bits per heavy atom. The van der Waals surface area contributed by atoms with Gasteiger partial charge in [0, 0.05) is 12.1 Å². The number of nitrogens with two attached hydrogens (primary N) is 1. The molecular weight excluding hydrogens is 240 g/mol. The summed E-state index contributed by atoms with van der Waals surface area (Å²) in [5.74, 6) is 0.490. The number of anilines is 1. The van der Waals surface area contributed by atoms with E-state index in [1.54, 1.807) is 0 Å². The minimum Gasteiger partial charge on any atom is -0.399 e. The van der Waals surface area contributed by atoms with E-state index in [-0.39, 0.29) is 4.90 Å². The molecule has 0 atom stereocenters. The molecule has 7 heteroatoms. The van der Waals surface area contributed by atoms with Gasteiger partial charge in [-0.1, -0.05) is 6.92 Å². The molecule has 1 aromatic heterocycles. The van der Waals surface area contributed by atoms with Crippen LogP contribution in [-0.4, -0.2) is 22.6 Å². The van der Waals surface area contributed by atoms with Crippen LogP contribution in [0.1, 0.15) is 12.7 Å². The highest BCUT2D eigenvalue weighted by molar-refractivity contribution is 7.89. The van der Waals surface area contributed by atoms with Crippen LogP contribution in [0.5, 0.6) is 0 Å². The van der Waals surface area contributed by atoms with Crippen LogP contribution in [0.3, 0.4) is 0 Å². The van der Waals surface area contributed by atoms with Crippen LogP contribution in [0.25, 0.3) is 0 Å². The lowest BCUT2D eigenvalue weighted by atomic mass is 10.3. The maximum atomic E-state index is 12.1. The van der Waals surface area contributed by atoms with E-state index in [1.807, 2.05) is 6.92 Å². The van der Waals surface area contributed by atoms with Crippen molar-refractivity contribution in [3.05, 3.63) is 36.4 Å². The van der Waals surface area contributed by atoms with Crippen molar-refractivity contribution in [2.24, 2.45) is 0 Å². The molecule has 2 rings (SSSR count). The number of aryl methyl sites for hydroxylation is 1. The zero-order chi connectivity index (χ0) is 12.5. The lowest BCUT2D eigenvalue weighted by Gasteiger charge is -2.03. The quantitative estimate of drug-likeness (QED) is 0.810. The van der Waals surface area contributed by atoms with Crippen molar-refractivity contribution in [1.29, 1.82) is 0 Å². The van der Waals surface area contributed by atoms with Crippen LogP contribution in [0.4, 0.5) is 5.69 Å². The summed E-state index contributed by atoms with van der Waals surface area (Å²) in [6.45, 7) is 1.86. The Morgan fingerprint density at radius 1 is 1.29 bits per heavy atom. The average Bonchev–Trinajstić information content (AvgIpc) is 2.78. The minimum absolute atomic E-state index is 0.138. The molecule has 0 saturated heterocycles. The van der Waals surface area contributed by atoms with Crippen LogP contribution >= 0.6 is 0 Å². The summed E-state index contributed by atoms with van der Waals surface area (Å²) in [4.78, 5) is 4.03. The maximum Gasteiger partial charge on any atom is 0.284 e. The normalized spacial score (nSPS) is 11.6. The fraction of sp³-hybridized carbons (Fsp3) is 0.200. The van der Waals surface area contributed by atoms with Crippen molar-refractivity contribution >= 4 is 15.7 Å². The summed E-state index contributed by atoms with van der Waals surface area (Å²) in [5, 5.41) is 3.89. The standard InChI is InChI=1S/C10H12N4O2S/c1-2-10-12-7-14(13-10)17(15,16)9-5-3-8(11)4-6-9/h3-7H,2,11H2,1H3. The maximum absolute atomic E-state index is 12.1. The summed E-state index contributed by atoms with van der Waals surface area (Å²) >= 11 is 0. The second-order valence-corrected chi connectivity index (χ2v) is 5.26. The highest BCUT2D eigenvalue weighted by Gasteiger charge is 2.18. The predicted octanol–water partition coefficient (Wildman–Crippen LogP) is 0.660. The van der Waals surface area contributed by atoms with Gasteiger partial charge in [-0.25, -0.2) is 4.98 Å². The van der Waals surface area contributed by atoms with Crippen molar-refractivity contribution in [3.8, 4) is 0 Å². The van der Waals surface area contributed by atoms with Crippen molar-refractivity contribution in [2.75, 3.05) is 5.73 Å². The van der Waals surface area contributed by atoms with E-state index in [9.17, 15) is 8.42 Å². The zero-order valence-electron chi connectivity index (χ0n) is 9.24.